The van der Waals surface area contributed by atoms with Gasteiger partial charge in [0.25, 0.3) is 0 Å². The van der Waals surface area contributed by atoms with Gasteiger partial charge in [-0.1, -0.05) is 68.9 Å². The number of azide groups is 1. The summed E-state index contributed by atoms with van der Waals surface area (Å²) in [4.78, 5) is 27.7. The molecular formula is C23H39N5O3Si. The number of carbonyl (C=O) groups is 2. The molecule has 0 saturated heterocycles. The van der Waals surface area contributed by atoms with Crippen molar-refractivity contribution in [2.75, 3.05) is 20.2 Å². The summed E-state index contributed by atoms with van der Waals surface area (Å²) < 4.78 is 5.45. The van der Waals surface area contributed by atoms with E-state index in [-0.39, 0.29) is 23.8 Å². The van der Waals surface area contributed by atoms with Gasteiger partial charge in [0.2, 0.25) is 5.91 Å². The van der Waals surface area contributed by atoms with Crippen LogP contribution in [0.2, 0.25) is 25.7 Å². The van der Waals surface area contributed by atoms with Gasteiger partial charge in [0, 0.05) is 20.0 Å². The van der Waals surface area contributed by atoms with E-state index >= 15 is 0 Å². The van der Waals surface area contributed by atoms with E-state index < -0.39 is 20.1 Å². The molecule has 3 atom stereocenters. The van der Waals surface area contributed by atoms with Crippen LogP contribution >= 0.6 is 0 Å². The van der Waals surface area contributed by atoms with Gasteiger partial charge >= 0.3 is 5.97 Å². The number of benzene rings is 1. The van der Waals surface area contributed by atoms with Crippen molar-refractivity contribution in [3.8, 4) is 0 Å². The van der Waals surface area contributed by atoms with Crippen molar-refractivity contribution in [3.63, 3.8) is 0 Å². The fraction of sp³-hybridized carbons (Fsp3) is 0.652. The van der Waals surface area contributed by atoms with E-state index in [2.05, 4.69) is 40.3 Å². The van der Waals surface area contributed by atoms with Gasteiger partial charge in [0.1, 0.15) is 6.04 Å². The summed E-state index contributed by atoms with van der Waals surface area (Å²) in [5.74, 6) is -0.404. The summed E-state index contributed by atoms with van der Waals surface area (Å²) in [5, 5.41) is 9.77. The Morgan fingerprint density at radius 3 is 2.38 bits per heavy atom. The number of hydrogen-bond acceptors (Lipinski definition) is 5. The first kappa shape index (κ1) is 27.7. The standard InChI is InChI=1S/C23H39N5O3Si/c1-17(2)21(22(29)25-3)26-13-12-19(18-10-8-7-9-11-18)16-20(27-28-24)23(30)31-14-15-32(4,5)6/h7-11,17,19-21,26H,12-16H2,1-6H3,(H,25,29)/t19?,20-,21-/m0/s1. The van der Waals surface area contributed by atoms with Gasteiger partial charge in [-0.15, -0.1) is 0 Å². The Bertz CT molecular complexity index is 761. The minimum absolute atomic E-state index is 0.0266. The van der Waals surface area contributed by atoms with Gasteiger partial charge in [0.05, 0.1) is 12.6 Å². The SMILES string of the molecule is CNC(=O)[C@@H](NCCC(C[C@H](N=[N+]=[N-])C(=O)OCC[Si](C)(C)C)c1ccccc1)C(C)C. The van der Waals surface area contributed by atoms with Crippen molar-refractivity contribution < 1.29 is 14.3 Å². The molecule has 1 amide bonds. The highest BCUT2D eigenvalue weighted by atomic mass is 28.3. The van der Waals surface area contributed by atoms with Gasteiger partial charge < -0.3 is 15.4 Å². The molecular weight excluding hydrogens is 422 g/mol. The quantitative estimate of drug-likeness (QED) is 0.140. The molecule has 0 bridgehead atoms. The molecule has 8 nitrogen and oxygen atoms in total. The van der Waals surface area contributed by atoms with Gasteiger partial charge in [-0.25, -0.2) is 0 Å². The van der Waals surface area contributed by atoms with E-state index in [0.717, 1.165) is 11.6 Å². The topological polar surface area (TPSA) is 116 Å². The van der Waals surface area contributed by atoms with Crippen LogP contribution in [-0.2, 0) is 14.3 Å². The predicted octanol–water partition coefficient (Wildman–Crippen LogP) is 4.47. The van der Waals surface area contributed by atoms with E-state index in [4.69, 9.17) is 10.3 Å². The summed E-state index contributed by atoms with van der Waals surface area (Å²) in [6.07, 6.45) is 1.04. The van der Waals surface area contributed by atoms with Crippen LogP contribution in [0.4, 0.5) is 0 Å². The molecule has 178 valence electrons. The summed E-state index contributed by atoms with van der Waals surface area (Å²) in [5.41, 5.74) is 10.1. The minimum Gasteiger partial charge on any atom is -0.466 e. The van der Waals surface area contributed by atoms with Crippen LogP contribution < -0.4 is 10.6 Å². The highest BCUT2D eigenvalue weighted by Gasteiger charge is 2.26. The molecule has 0 spiro atoms. The molecule has 0 heterocycles. The van der Waals surface area contributed by atoms with Gasteiger partial charge in [0.15, 0.2) is 0 Å². The first-order valence-corrected chi connectivity index (χ1v) is 15.0. The lowest BCUT2D eigenvalue weighted by molar-refractivity contribution is -0.144. The monoisotopic (exact) mass is 461 g/mol. The average Bonchev–Trinajstić information content (AvgIpc) is 2.74. The van der Waals surface area contributed by atoms with Gasteiger partial charge in [-0.2, -0.15) is 0 Å². The van der Waals surface area contributed by atoms with E-state index in [0.29, 0.717) is 26.0 Å². The zero-order valence-electron chi connectivity index (χ0n) is 20.3. The van der Waals surface area contributed by atoms with E-state index in [1.807, 2.05) is 44.2 Å². The summed E-state index contributed by atoms with van der Waals surface area (Å²) in [7, 11) is 0.295. The van der Waals surface area contributed by atoms with Crippen molar-refractivity contribution in [1.29, 1.82) is 0 Å². The normalized spacial score (nSPS) is 14.2. The average molecular weight is 462 g/mol. The van der Waals surface area contributed by atoms with Crippen molar-refractivity contribution in [2.45, 2.75) is 70.4 Å². The third kappa shape index (κ3) is 10.3. The molecule has 0 fully saturated rings. The molecule has 0 aliphatic carbocycles. The predicted molar refractivity (Wildman–Crippen MR) is 131 cm³/mol. The molecule has 1 aromatic carbocycles. The second-order valence-corrected chi connectivity index (χ2v) is 15.2. The van der Waals surface area contributed by atoms with Crippen LogP contribution in [0, 0.1) is 5.92 Å². The second kappa shape index (κ2) is 13.9. The third-order valence-electron chi connectivity index (χ3n) is 5.39. The number of hydrogen-bond donors (Lipinski definition) is 2. The molecule has 0 radical (unpaired) electrons. The molecule has 1 unspecified atom stereocenters. The zero-order valence-corrected chi connectivity index (χ0v) is 21.3. The number of carbonyl (C=O) groups excluding carboxylic acids is 2. The Hall–Kier alpha value is -2.35. The Morgan fingerprint density at radius 1 is 1.19 bits per heavy atom. The lowest BCUT2D eigenvalue weighted by Gasteiger charge is -2.24. The van der Waals surface area contributed by atoms with Gasteiger partial charge in [-0.05, 0) is 48.4 Å². The number of ether oxygens (including phenoxy) is 1. The molecule has 32 heavy (non-hydrogen) atoms. The summed E-state index contributed by atoms with van der Waals surface area (Å²) in [6.45, 7) is 11.6. The highest BCUT2D eigenvalue weighted by molar-refractivity contribution is 6.76. The molecule has 0 aromatic heterocycles. The van der Waals surface area contributed by atoms with Crippen LogP contribution in [0.5, 0.6) is 0 Å². The fourth-order valence-electron chi connectivity index (χ4n) is 3.42. The number of rotatable bonds is 14. The largest absolute Gasteiger partial charge is 0.466 e. The van der Waals surface area contributed by atoms with Crippen LogP contribution in [0.3, 0.4) is 0 Å². The molecule has 2 N–H and O–H groups in total. The van der Waals surface area contributed by atoms with E-state index in [9.17, 15) is 9.59 Å². The maximum Gasteiger partial charge on any atom is 0.314 e. The van der Waals surface area contributed by atoms with Crippen LogP contribution in [0.15, 0.2) is 35.4 Å². The van der Waals surface area contributed by atoms with E-state index in [1.54, 1.807) is 7.05 Å². The molecule has 9 heteroatoms. The summed E-state index contributed by atoms with van der Waals surface area (Å²) >= 11 is 0. The van der Waals surface area contributed by atoms with E-state index in [1.165, 1.54) is 0 Å². The fourth-order valence-corrected chi connectivity index (χ4v) is 4.14. The van der Waals surface area contributed by atoms with Crippen LogP contribution in [-0.4, -0.2) is 52.2 Å². The zero-order chi connectivity index (χ0) is 24.1. The summed E-state index contributed by atoms with van der Waals surface area (Å²) in [6, 6.07) is 9.54. The Balaban J connectivity index is 2.89. The lowest BCUT2D eigenvalue weighted by atomic mass is 9.89. The van der Waals surface area contributed by atoms with Crippen LogP contribution in [0.1, 0.15) is 38.2 Å². The number of amides is 1. The smallest absolute Gasteiger partial charge is 0.314 e. The third-order valence-corrected chi connectivity index (χ3v) is 7.09. The number of nitrogens with zero attached hydrogens (tertiary/aromatic N) is 3. The molecule has 1 aromatic rings. The lowest BCUT2D eigenvalue weighted by Crippen LogP contribution is -2.46. The second-order valence-electron chi connectivity index (χ2n) is 9.62. The Labute approximate surface area is 193 Å². The van der Waals surface area contributed by atoms with Crippen molar-refractivity contribution in [3.05, 3.63) is 46.3 Å². The Morgan fingerprint density at radius 2 is 1.84 bits per heavy atom. The number of esters is 1. The van der Waals surface area contributed by atoms with Gasteiger partial charge in [-0.3, -0.25) is 9.59 Å². The number of nitrogens with one attached hydrogen (secondary N) is 2. The molecule has 1 rings (SSSR count). The number of likely N-dealkylation sites (N-methyl/N-ethyl adjacent to an activating group) is 1. The van der Waals surface area contributed by atoms with Crippen LogP contribution in [0.25, 0.3) is 10.4 Å². The minimum atomic E-state index is -1.33. The van der Waals surface area contributed by atoms with Crippen molar-refractivity contribution in [2.24, 2.45) is 11.0 Å². The molecule has 0 saturated carbocycles. The maximum absolute atomic E-state index is 12.6. The highest BCUT2D eigenvalue weighted by Crippen LogP contribution is 2.26. The first-order valence-electron chi connectivity index (χ1n) is 11.3. The first-order chi connectivity index (χ1) is 15.1. The molecule has 0 aliphatic rings. The maximum atomic E-state index is 12.6. The van der Waals surface area contributed by atoms with Crippen molar-refractivity contribution in [1.82, 2.24) is 10.6 Å². The van der Waals surface area contributed by atoms with Crippen molar-refractivity contribution >= 4 is 20.0 Å². The Kier molecular flexibility index (Phi) is 12.0. The molecule has 0 aliphatic heterocycles.